The maximum absolute atomic E-state index is 7.00. The van der Waals surface area contributed by atoms with Gasteiger partial charge in [-0.1, -0.05) is 42.6 Å². The fraction of sp³-hybridized carbons (Fsp3) is 0.571. The van der Waals surface area contributed by atoms with Crippen molar-refractivity contribution in [1.29, 1.82) is 0 Å². The van der Waals surface area contributed by atoms with Gasteiger partial charge in [0.1, 0.15) is 0 Å². The Hall–Kier alpha value is -0.795. The number of likely N-dealkylation sites (tertiary alicyclic amines) is 1. The smallest absolute Gasteiger partial charge is 0.0743 e. The van der Waals surface area contributed by atoms with Crippen molar-refractivity contribution in [2.75, 3.05) is 20.2 Å². The zero-order valence-electron chi connectivity index (χ0n) is 10.9. The van der Waals surface area contributed by atoms with Gasteiger partial charge in [0.05, 0.1) is 7.85 Å². The number of aliphatic hydroxyl groups excluding tert-OH is 1. The van der Waals surface area contributed by atoms with Crippen molar-refractivity contribution in [3.05, 3.63) is 35.9 Å². The van der Waals surface area contributed by atoms with E-state index in [1.54, 1.807) is 0 Å². The molecular weight excluding hydrogens is 209 g/mol. The van der Waals surface area contributed by atoms with E-state index in [0.717, 1.165) is 39.6 Å². The molecule has 92 valence electrons. The molecule has 0 amide bonds. The van der Waals surface area contributed by atoms with Gasteiger partial charge in [-0.15, -0.1) is 0 Å². The monoisotopic (exact) mass is 231 g/mol. The van der Waals surface area contributed by atoms with Crippen molar-refractivity contribution in [3.8, 4) is 0 Å². The first kappa shape index (κ1) is 14.3. The predicted octanol–water partition coefficient (Wildman–Crippen LogP) is 2.24. The van der Waals surface area contributed by atoms with E-state index in [1.807, 2.05) is 0 Å². The van der Waals surface area contributed by atoms with E-state index in [2.05, 4.69) is 42.2 Å². The van der Waals surface area contributed by atoms with Crippen LogP contribution in [-0.4, -0.2) is 38.1 Å². The number of aliphatic hydroxyl groups is 1. The third-order valence-electron chi connectivity index (χ3n) is 3.25. The van der Waals surface area contributed by atoms with Gasteiger partial charge in [0.2, 0.25) is 0 Å². The van der Waals surface area contributed by atoms with Crippen LogP contribution in [0.15, 0.2) is 30.3 Å². The van der Waals surface area contributed by atoms with Gasteiger partial charge in [0.15, 0.2) is 0 Å². The van der Waals surface area contributed by atoms with Crippen LogP contribution < -0.4 is 0 Å². The summed E-state index contributed by atoms with van der Waals surface area (Å²) >= 11 is 0. The molecule has 1 saturated heterocycles. The summed E-state index contributed by atoms with van der Waals surface area (Å²) < 4.78 is 0. The summed E-state index contributed by atoms with van der Waals surface area (Å²) in [6.07, 6.45) is 2.22. The molecule has 1 aliphatic rings. The molecule has 0 aromatic heterocycles. The molecule has 1 heterocycles. The predicted molar refractivity (Wildman–Crippen MR) is 73.2 cm³/mol. The van der Waals surface area contributed by atoms with Gasteiger partial charge in [0, 0.05) is 13.7 Å². The lowest BCUT2D eigenvalue weighted by Crippen LogP contribution is -2.35. The number of nitrogens with zero attached hydrogens (tertiary/aromatic N) is 1. The van der Waals surface area contributed by atoms with Gasteiger partial charge >= 0.3 is 0 Å². The number of piperidine rings is 1. The van der Waals surface area contributed by atoms with E-state index in [-0.39, 0.29) is 5.31 Å². The highest BCUT2D eigenvalue weighted by Crippen LogP contribution is 2.34. The number of benzene rings is 1. The van der Waals surface area contributed by atoms with Crippen molar-refractivity contribution >= 4 is 7.85 Å². The Kier molecular flexibility index (Phi) is 5.73. The lowest BCUT2D eigenvalue weighted by atomic mass is 9.64. The minimum absolute atomic E-state index is 0.0627. The largest absolute Gasteiger partial charge is 0.400 e. The molecule has 1 aromatic rings. The zero-order chi connectivity index (χ0) is 12.7. The summed E-state index contributed by atoms with van der Waals surface area (Å²) in [6.45, 7) is 5.48. The van der Waals surface area contributed by atoms with Crippen LogP contribution in [0.4, 0.5) is 0 Å². The summed E-state index contributed by atoms with van der Waals surface area (Å²) in [5.74, 6) is 0. The number of rotatable bonds is 2. The summed E-state index contributed by atoms with van der Waals surface area (Å²) in [4.78, 5) is 2.49. The summed E-state index contributed by atoms with van der Waals surface area (Å²) in [5, 5.41) is 7.06. The highest BCUT2D eigenvalue weighted by Gasteiger charge is 2.24. The van der Waals surface area contributed by atoms with Crippen molar-refractivity contribution in [3.63, 3.8) is 0 Å². The molecule has 1 fully saturated rings. The Morgan fingerprint density at radius 3 is 2.24 bits per heavy atom. The van der Waals surface area contributed by atoms with Crippen LogP contribution in [0.25, 0.3) is 0 Å². The average Bonchev–Trinajstić information content (AvgIpc) is 2.36. The first-order chi connectivity index (χ1) is 8.16. The minimum atomic E-state index is 0.0627. The lowest BCUT2D eigenvalue weighted by molar-refractivity contribution is 0.193. The Morgan fingerprint density at radius 2 is 1.71 bits per heavy atom. The highest BCUT2D eigenvalue weighted by molar-refractivity contribution is 6.14. The van der Waals surface area contributed by atoms with E-state index in [1.165, 1.54) is 5.56 Å². The van der Waals surface area contributed by atoms with Gasteiger partial charge < -0.3 is 5.11 Å². The first-order valence-corrected chi connectivity index (χ1v) is 6.16. The van der Waals surface area contributed by atoms with E-state index >= 15 is 0 Å². The van der Waals surface area contributed by atoms with Crippen LogP contribution >= 0.6 is 0 Å². The average molecular weight is 231 g/mol. The van der Waals surface area contributed by atoms with Crippen molar-refractivity contribution in [2.45, 2.75) is 31.6 Å². The molecule has 2 radical (unpaired) electrons. The second-order valence-corrected chi connectivity index (χ2v) is 4.92. The van der Waals surface area contributed by atoms with Gasteiger partial charge in [-0.05, 0) is 31.5 Å². The Balaban J connectivity index is 0.000000686. The van der Waals surface area contributed by atoms with E-state index < -0.39 is 0 Å². The van der Waals surface area contributed by atoms with Crippen LogP contribution in [0.1, 0.15) is 25.3 Å². The topological polar surface area (TPSA) is 23.5 Å². The molecule has 0 aliphatic carbocycles. The van der Waals surface area contributed by atoms with E-state index in [0.29, 0.717) is 0 Å². The molecule has 0 spiro atoms. The molecular formula is C14H22BNO. The fourth-order valence-corrected chi connectivity index (χ4v) is 2.06. The van der Waals surface area contributed by atoms with Gasteiger partial charge in [0.25, 0.3) is 0 Å². The van der Waals surface area contributed by atoms with E-state index in [9.17, 15) is 0 Å². The fourth-order valence-electron chi connectivity index (χ4n) is 2.06. The Bertz CT molecular complexity index is 303. The standard InChI is InChI=1S/C13H18BN.CH4O/c1-13(14)7-9-15(10-8-13)11-12-5-3-2-4-6-12;1-2/h2-6H,7-11H2,1H3;2H,1H3. The SMILES string of the molecule is CO.[B]C1(C)CCN(Cc2ccccc2)CC1. The second-order valence-electron chi connectivity index (χ2n) is 4.92. The normalized spacial score (nSPS) is 19.2. The molecule has 17 heavy (non-hydrogen) atoms. The molecule has 1 N–H and O–H groups in total. The van der Waals surface area contributed by atoms with E-state index in [4.69, 9.17) is 13.0 Å². The Labute approximate surface area is 106 Å². The maximum atomic E-state index is 7.00. The van der Waals surface area contributed by atoms with Crippen LogP contribution in [0.3, 0.4) is 0 Å². The van der Waals surface area contributed by atoms with Crippen LogP contribution in [0.2, 0.25) is 5.31 Å². The third kappa shape index (κ3) is 4.92. The third-order valence-corrected chi connectivity index (χ3v) is 3.25. The molecule has 3 heteroatoms. The summed E-state index contributed by atoms with van der Waals surface area (Å²) in [6, 6.07) is 10.7. The van der Waals surface area contributed by atoms with Crippen molar-refractivity contribution in [2.24, 2.45) is 0 Å². The first-order valence-electron chi connectivity index (χ1n) is 6.16. The minimum Gasteiger partial charge on any atom is -0.400 e. The molecule has 0 atom stereocenters. The second kappa shape index (κ2) is 6.82. The molecule has 0 unspecified atom stereocenters. The highest BCUT2D eigenvalue weighted by atomic mass is 16.2. The van der Waals surface area contributed by atoms with Crippen molar-refractivity contribution < 1.29 is 5.11 Å². The summed E-state index contributed by atoms with van der Waals surface area (Å²) in [7, 11) is 7.11. The molecule has 0 saturated carbocycles. The van der Waals surface area contributed by atoms with Crippen LogP contribution in [-0.2, 0) is 6.54 Å². The van der Waals surface area contributed by atoms with Gasteiger partial charge in [-0.2, -0.15) is 0 Å². The molecule has 0 bridgehead atoms. The van der Waals surface area contributed by atoms with Gasteiger partial charge in [-0.3, -0.25) is 4.90 Å². The number of hydrogen-bond acceptors (Lipinski definition) is 2. The van der Waals surface area contributed by atoms with Gasteiger partial charge in [-0.25, -0.2) is 0 Å². The summed E-state index contributed by atoms with van der Waals surface area (Å²) in [5.41, 5.74) is 1.40. The van der Waals surface area contributed by atoms with Crippen LogP contribution in [0, 0.1) is 0 Å². The Morgan fingerprint density at radius 1 is 1.18 bits per heavy atom. The molecule has 2 nitrogen and oxygen atoms in total. The lowest BCUT2D eigenvalue weighted by Gasteiger charge is -2.37. The molecule has 1 aromatic carbocycles. The number of hydrogen-bond donors (Lipinski definition) is 1. The van der Waals surface area contributed by atoms with Crippen LogP contribution in [0.5, 0.6) is 0 Å². The maximum Gasteiger partial charge on any atom is 0.0743 e. The zero-order valence-corrected chi connectivity index (χ0v) is 10.9. The molecule has 1 aliphatic heterocycles. The quantitative estimate of drug-likeness (QED) is 0.789. The van der Waals surface area contributed by atoms with Crippen molar-refractivity contribution in [1.82, 2.24) is 4.90 Å². The molecule has 2 rings (SSSR count).